The molecule has 0 aliphatic carbocycles. The number of amides is 1. The van der Waals surface area contributed by atoms with E-state index in [-0.39, 0.29) is 6.09 Å². The van der Waals surface area contributed by atoms with Gasteiger partial charge in [-0.25, -0.2) is 4.79 Å². The topological polar surface area (TPSA) is 32.8 Å². The molecular weight excluding hydrogens is 348 g/mol. The third kappa shape index (κ3) is 4.47. The summed E-state index contributed by atoms with van der Waals surface area (Å²) >= 11 is 0. The highest BCUT2D eigenvalue weighted by atomic mass is 16.6. The molecule has 0 bridgehead atoms. The number of nitrogens with zero attached hydrogens (tertiary/aromatic N) is 2. The Morgan fingerprint density at radius 2 is 1.82 bits per heavy atom. The summed E-state index contributed by atoms with van der Waals surface area (Å²) in [6, 6.07) is 2.46. The summed E-state index contributed by atoms with van der Waals surface area (Å²) in [5, 5.41) is 0. The van der Waals surface area contributed by atoms with Crippen LogP contribution in [0.25, 0.3) is 0 Å². The predicted molar refractivity (Wildman–Crippen MR) is 117 cm³/mol. The SMILES string of the molecule is CCCN1CCCc2cc3c(c(C(C)C)c21)CCN(C(=O)OC(C)(C)C)CC3. The molecule has 28 heavy (non-hydrogen) atoms. The van der Waals surface area contributed by atoms with Gasteiger partial charge in [-0.2, -0.15) is 0 Å². The van der Waals surface area contributed by atoms with Gasteiger partial charge in [0.05, 0.1) is 0 Å². The van der Waals surface area contributed by atoms with Crippen molar-refractivity contribution in [2.24, 2.45) is 0 Å². The maximum absolute atomic E-state index is 12.6. The summed E-state index contributed by atoms with van der Waals surface area (Å²) in [5.74, 6) is 0.495. The Morgan fingerprint density at radius 3 is 2.46 bits per heavy atom. The van der Waals surface area contributed by atoms with Gasteiger partial charge in [0.25, 0.3) is 0 Å². The van der Waals surface area contributed by atoms with E-state index in [0.29, 0.717) is 5.92 Å². The van der Waals surface area contributed by atoms with Crippen LogP contribution < -0.4 is 4.90 Å². The highest BCUT2D eigenvalue weighted by molar-refractivity contribution is 5.70. The third-order valence-corrected chi connectivity index (χ3v) is 5.82. The van der Waals surface area contributed by atoms with Gasteiger partial charge in [0.15, 0.2) is 0 Å². The average Bonchev–Trinajstić information content (AvgIpc) is 2.81. The van der Waals surface area contributed by atoms with Gasteiger partial charge in [0.2, 0.25) is 0 Å². The zero-order valence-corrected chi connectivity index (χ0v) is 18.7. The molecule has 0 fully saturated rings. The lowest BCUT2D eigenvalue weighted by molar-refractivity contribution is 0.0258. The number of carbonyl (C=O) groups is 1. The number of benzene rings is 1. The normalized spacial score (nSPS) is 17.2. The van der Waals surface area contributed by atoms with Gasteiger partial charge >= 0.3 is 6.09 Å². The van der Waals surface area contributed by atoms with Gasteiger partial charge in [0.1, 0.15) is 5.60 Å². The summed E-state index contributed by atoms with van der Waals surface area (Å²) in [6.07, 6.45) is 5.28. The molecule has 1 aromatic rings. The molecule has 1 amide bonds. The average molecular weight is 387 g/mol. The molecule has 4 heteroatoms. The summed E-state index contributed by atoms with van der Waals surface area (Å²) in [4.78, 5) is 17.1. The first-order chi connectivity index (χ1) is 13.2. The van der Waals surface area contributed by atoms with Crippen molar-refractivity contribution in [3.05, 3.63) is 28.3 Å². The molecule has 2 heterocycles. The van der Waals surface area contributed by atoms with Crippen LogP contribution in [0.5, 0.6) is 0 Å². The maximum Gasteiger partial charge on any atom is 0.410 e. The predicted octanol–water partition coefficient (Wildman–Crippen LogP) is 5.31. The van der Waals surface area contributed by atoms with E-state index in [0.717, 1.165) is 32.5 Å². The van der Waals surface area contributed by atoms with Crippen molar-refractivity contribution >= 4 is 11.8 Å². The van der Waals surface area contributed by atoms with Gasteiger partial charge in [-0.05, 0) is 81.0 Å². The minimum absolute atomic E-state index is 0.177. The number of hydrogen-bond donors (Lipinski definition) is 0. The van der Waals surface area contributed by atoms with Crippen molar-refractivity contribution in [2.45, 2.75) is 85.2 Å². The number of fused-ring (bicyclic) bond motifs is 2. The van der Waals surface area contributed by atoms with E-state index >= 15 is 0 Å². The molecule has 0 unspecified atom stereocenters. The van der Waals surface area contributed by atoms with E-state index < -0.39 is 5.60 Å². The molecule has 0 saturated heterocycles. The number of ether oxygens (including phenoxy) is 1. The quantitative estimate of drug-likeness (QED) is 0.706. The fraction of sp³-hybridized carbons (Fsp3) is 0.708. The van der Waals surface area contributed by atoms with E-state index in [4.69, 9.17) is 4.74 Å². The molecule has 4 nitrogen and oxygen atoms in total. The summed E-state index contributed by atoms with van der Waals surface area (Å²) in [6.45, 7) is 16.5. The Kier molecular flexibility index (Phi) is 6.26. The van der Waals surface area contributed by atoms with E-state index in [9.17, 15) is 4.79 Å². The second-order valence-electron chi connectivity index (χ2n) is 9.65. The van der Waals surface area contributed by atoms with Crippen LogP contribution in [0, 0.1) is 0 Å². The van der Waals surface area contributed by atoms with Crippen LogP contribution in [0.4, 0.5) is 10.5 Å². The Labute approximate surface area is 171 Å². The van der Waals surface area contributed by atoms with Crippen LogP contribution >= 0.6 is 0 Å². The number of anilines is 1. The Hall–Kier alpha value is -1.71. The van der Waals surface area contributed by atoms with Gasteiger partial charge < -0.3 is 14.5 Å². The van der Waals surface area contributed by atoms with E-state index in [1.807, 2.05) is 25.7 Å². The number of aryl methyl sites for hydroxylation is 1. The molecule has 0 N–H and O–H groups in total. The van der Waals surface area contributed by atoms with E-state index in [2.05, 4.69) is 31.7 Å². The van der Waals surface area contributed by atoms with Gasteiger partial charge in [-0.1, -0.05) is 26.8 Å². The first-order valence-electron chi connectivity index (χ1n) is 11.1. The monoisotopic (exact) mass is 386 g/mol. The molecule has 0 atom stereocenters. The second-order valence-corrected chi connectivity index (χ2v) is 9.65. The van der Waals surface area contributed by atoms with Crippen LogP contribution in [-0.2, 0) is 24.0 Å². The lowest BCUT2D eigenvalue weighted by Gasteiger charge is -2.36. The third-order valence-electron chi connectivity index (χ3n) is 5.82. The zero-order valence-electron chi connectivity index (χ0n) is 18.7. The standard InChI is InChI=1S/C24H38N2O2/c1-7-12-25-13-8-9-19-16-18-10-14-26(23(27)28-24(4,5)6)15-11-20(18)21(17(2)3)22(19)25/h16-17H,7-15H2,1-6H3. The van der Waals surface area contributed by atoms with E-state index in [1.54, 1.807) is 0 Å². The zero-order chi connectivity index (χ0) is 20.5. The van der Waals surface area contributed by atoms with Crippen LogP contribution in [0.3, 0.4) is 0 Å². The van der Waals surface area contributed by atoms with Crippen molar-refractivity contribution in [3.8, 4) is 0 Å². The summed E-state index contributed by atoms with van der Waals surface area (Å²) < 4.78 is 5.64. The first-order valence-corrected chi connectivity index (χ1v) is 11.1. The highest BCUT2D eigenvalue weighted by Crippen LogP contribution is 2.40. The lowest BCUT2D eigenvalue weighted by atomic mass is 9.83. The molecule has 1 aromatic carbocycles. The Bertz CT molecular complexity index is 718. The van der Waals surface area contributed by atoms with Crippen molar-refractivity contribution in [3.63, 3.8) is 0 Å². The molecule has 3 rings (SSSR count). The lowest BCUT2D eigenvalue weighted by Crippen LogP contribution is -2.38. The Balaban J connectivity index is 1.94. The minimum Gasteiger partial charge on any atom is -0.444 e. The highest BCUT2D eigenvalue weighted by Gasteiger charge is 2.29. The molecule has 0 aromatic heterocycles. The fourth-order valence-electron chi connectivity index (χ4n) is 4.75. The van der Waals surface area contributed by atoms with Crippen LogP contribution in [0.1, 0.15) is 82.6 Å². The van der Waals surface area contributed by atoms with Crippen molar-refractivity contribution < 1.29 is 9.53 Å². The van der Waals surface area contributed by atoms with Gasteiger partial charge in [-0.3, -0.25) is 0 Å². The molecule has 2 aliphatic rings. The molecule has 2 aliphatic heterocycles. The van der Waals surface area contributed by atoms with Crippen LogP contribution in [-0.4, -0.2) is 42.8 Å². The van der Waals surface area contributed by atoms with E-state index in [1.165, 1.54) is 53.7 Å². The number of rotatable bonds is 3. The minimum atomic E-state index is -0.445. The molecular formula is C24H38N2O2. The van der Waals surface area contributed by atoms with Crippen LogP contribution in [0.15, 0.2) is 6.07 Å². The first kappa shape index (κ1) is 21.0. The summed E-state index contributed by atoms with van der Waals surface area (Å²) in [5.41, 5.74) is 7.06. The van der Waals surface area contributed by atoms with Crippen molar-refractivity contribution in [2.75, 3.05) is 31.1 Å². The fourth-order valence-corrected chi connectivity index (χ4v) is 4.75. The largest absolute Gasteiger partial charge is 0.444 e. The molecule has 156 valence electrons. The Morgan fingerprint density at radius 1 is 1.11 bits per heavy atom. The maximum atomic E-state index is 12.6. The van der Waals surface area contributed by atoms with Crippen molar-refractivity contribution in [1.29, 1.82) is 0 Å². The molecule has 0 spiro atoms. The molecule has 0 radical (unpaired) electrons. The smallest absolute Gasteiger partial charge is 0.410 e. The molecule has 0 saturated carbocycles. The summed E-state index contributed by atoms with van der Waals surface area (Å²) in [7, 11) is 0. The van der Waals surface area contributed by atoms with Crippen molar-refractivity contribution in [1.82, 2.24) is 4.90 Å². The van der Waals surface area contributed by atoms with Crippen LogP contribution in [0.2, 0.25) is 0 Å². The second kappa shape index (κ2) is 8.34. The number of carbonyl (C=O) groups excluding carboxylic acids is 1. The van der Waals surface area contributed by atoms with Gasteiger partial charge in [0, 0.05) is 31.9 Å². The number of hydrogen-bond acceptors (Lipinski definition) is 3. The van der Waals surface area contributed by atoms with Gasteiger partial charge in [-0.15, -0.1) is 0 Å².